The molecule has 0 saturated carbocycles. The number of anilines is 1. The molecule has 1 aliphatic heterocycles. The van der Waals surface area contributed by atoms with Gasteiger partial charge in [0.1, 0.15) is 12.1 Å². The van der Waals surface area contributed by atoms with Crippen molar-refractivity contribution in [3.8, 4) is 5.69 Å². The average Bonchev–Trinajstić information content (AvgIpc) is 3.27. The maximum Gasteiger partial charge on any atom is 0.257 e. The van der Waals surface area contributed by atoms with Gasteiger partial charge in [-0.25, -0.2) is 27.8 Å². The molecule has 0 N–H and O–H groups in total. The number of carbonyl (C=O) groups is 1. The fourth-order valence-corrected chi connectivity index (χ4v) is 4.05. The van der Waals surface area contributed by atoms with Crippen LogP contribution in [0.4, 0.5) is 19.0 Å². The predicted octanol–water partition coefficient (Wildman–Crippen LogP) is 3.85. The Balaban J connectivity index is 1.37. The first-order valence-electron chi connectivity index (χ1n) is 10.1. The summed E-state index contributed by atoms with van der Waals surface area (Å²) in [5, 5.41) is 5.73. The number of aromatic nitrogens is 4. The van der Waals surface area contributed by atoms with Crippen LogP contribution in [0.25, 0.3) is 16.7 Å². The van der Waals surface area contributed by atoms with Crippen molar-refractivity contribution in [1.82, 2.24) is 24.6 Å². The number of halogens is 4. The predicted molar refractivity (Wildman–Crippen MR) is 116 cm³/mol. The molecule has 2 aromatic heterocycles. The molecule has 0 atom stereocenters. The maximum absolute atomic E-state index is 14.0. The number of benzene rings is 2. The lowest BCUT2D eigenvalue weighted by molar-refractivity contribution is 0.0740. The number of hydrogen-bond acceptors (Lipinski definition) is 5. The van der Waals surface area contributed by atoms with Crippen molar-refractivity contribution in [3.05, 3.63) is 77.0 Å². The third-order valence-electron chi connectivity index (χ3n) is 5.53. The van der Waals surface area contributed by atoms with E-state index in [4.69, 9.17) is 11.6 Å². The van der Waals surface area contributed by atoms with E-state index in [0.29, 0.717) is 29.6 Å². The Bertz CT molecular complexity index is 1370. The van der Waals surface area contributed by atoms with Crippen LogP contribution >= 0.6 is 11.6 Å². The van der Waals surface area contributed by atoms with Gasteiger partial charge in [0.25, 0.3) is 5.91 Å². The molecule has 0 bridgehead atoms. The number of rotatable bonds is 3. The van der Waals surface area contributed by atoms with Crippen LogP contribution in [-0.2, 0) is 0 Å². The molecule has 1 saturated heterocycles. The van der Waals surface area contributed by atoms with Gasteiger partial charge in [-0.15, -0.1) is 0 Å². The van der Waals surface area contributed by atoms with Crippen molar-refractivity contribution in [2.24, 2.45) is 0 Å². The summed E-state index contributed by atoms with van der Waals surface area (Å²) in [5.41, 5.74) is 0.866. The second-order valence-electron chi connectivity index (χ2n) is 7.47. The van der Waals surface area contributed by atoms with E-state index in [1.807, 2.05) is 17.0 Å². The fraction of sp³-hybridized carbons (Fsp3) is 0.182. The fourth-order valence-electron chi connectivity index (χ4n) is 3.86. The number of amides is 1. The molecule has 4 aromatic rings. The smallest absolute Gasteiger partial charge is 0.257 e. The van der Waals surface area contributed by atoms with Crippen LogP contribution in [0, 0.1) is 17.5 Å². The van der Waals surface area contributed by atoms with Crippen LogP contribution in [0.5, 0.6) is 0 Å². The Labute approximate surface area is 191 Å². The average molecular weight is 473 g/mol. The van der Waals surface area contributed by atoms with Crippen molar-refractivity contribution in [1.29, 1.82) is 0 Å². The Hall–Kier alpha value is -3.66. The molecule has 1 amide bonds. The van der Waals surface area contributed by atoms with Gasteiger partial charge in [-0.2, -0.15) is 5.10 Å². The van der Waals surface area contributed by atoms with Gasteiger partial charge >= 0.3 is 0 Å². The Morgan fingerprint density at radius 2 is 1.76 bits per heavy atom. The second kappa shape index (κ2) is 8.36. The number of hydrogen-bond donors (Lipinski definition) is 0. The lowest BCUT2D eigenvalue weighted by atomic mass is 10.1. The molecule has 33 heavy (non-hydrogen) atoms. The molecule has 2 aromatic carbocycles. The summed E-state index contributed by atoms with van der Waals surface area (Å²) in [5.74, 6) is -4.50. The van der Waals surface area contributed by atoms with E-state index in [1.165, 1.54) is 11.2 Å². The zero-order valence-electron chi connectivity index (χ0n) is 17.1. The first-order valence-corrected chi connectivity index (χ1v) is 10.4. The topological polar surface area (TPSA) is 67.2 Å². The SMILES string of the molecule is O=C(c1ccc(F)c(F)c1F)N1CCN(c2ncnc3c2cnn3-c2cccc(Cl)c2)CC1. The minimum atomic E-state index is -1.65. The number of nitrogens with zero attached hydrogens (tertiary/aromatic N) is 6. The Morgan fingerprint density at radius 1 is 0.970 bits per heavy atom. The van der Waals surface area contributed by atoms with E-state index in [-0.39, 0.29) is 13.1 Å². The minimum Gasteiger partial charge on any atom is -0.352 e. The highest BCUT2D eigenvalue weighted by molar-refractivity contribution is 6.30. The molecule has 168 valence electrons. The molecular formula is C22H16ClF3N6O. The number of piperazine rings is 1. The molecule has 1 fully saturated rings. The van der Waals surface area contributed by atoms with Crippen molar-refractivity contribution in [2.75, 3.05) is 31.1 Å². The normalized spacial score (nSPS) is 14.2. The number of fused-ring (bicyclic) bond motifs is 1. The minimum absolute atomic E-state index is 0.255. The molecule has 0 radical (unpaired) electrons. The molecule has 7 nitrogen and oxygen atoms in total. The summed E-state index contributed by atoms with van der Waals surface area (Å²) in [6.07, 6.45) is 3.11. The van der Waals surface area contributed by atoms with Gasteiger partial charge in [-0.3, -0.25) is 4.79 Å². The van der Waals surface area contributed by atoms with Crippen molar-refractivity contribution >= 4 is 34.4 Å². The van der Waals surface area contributed by atoms with E-state index in [0.717, 1.165) is 23.2 Å². The maximum atomic E-state index is 14.0. The first kappa shape index (κ1) is 21.2. The van der Waals surface area contributed by atoms with E-state index < -0.39 is 28.9 Å². The van der Waals surface area contributed by atoms with E-state index in [2.05, 4.69) is 15.1 Å². The molecule has 0 unspecified atom stereocenters. The summed E-state index contributed by atoms with van der Waals surface area (Å²) in [6.45, 7) is 1.33. The highest BCUT2D eigenvalue weighted by atomic mass is 35.5. The van der Waals surface area contributed by atoms with Crippen molar-refractivity contribution in [2.45, 2.75) is 0 Å². The molecule has 0 spiro atoms. The third kappa shape index (κ3) is 3.76. The lowest BCUT2D eigenvalue weighted by Gasteiger charge is -2.35. The van der Waals surface area contributed by atoms with E-state index >= 15 is 0 Å². The quantitative estimate of drug-likeness (QED) is 0.424. The van der Waals surface area contributed by atoms with Gasteiger partial charge in [0.05, 0.1) is 22.8 Å². The highest BCUT2D eigenvalue weighted by Gasteiger charge is 2.28. The van der Waals surface area contributed by atoms with Crippen LogP contribution in [0.3, 0.4) is 0 Å². The number of carbonyl (C=O) groups excluding carboxylic acids is 1. The summed E-state index contributed by atoms with van der Waals surface area (Å²) in [6, 6.07) is 8.93. The van der Waals surface area contributed by atoms with Crippen LogP contribution in [0.1, 0.15) is 10.4 Å². The second-order valence-corrected chi connectivity index (χ2v) is 7.91. The molecule has 3 heterocycles. The summed E-state index contributed by atoms with van der Waals surface area (Å²) >= 11 is 6.10. The largest absolute Gasteiger partial charge is 0.352 e. The zero-order chi connectivity index (χ0) is 23.1. The monoisotopic (exact) mass is 472 g/mol. The Kier molecular flexibility index (Phi) is 5.37. The summed E-state index contributed by atoms with van der Waals surface area (Å²) in [4.78, 5) is 24.8. The van der Waals surface area contributed by atoms with Crippen LogP contribution in [0.15, 0.2) is 48.9 Å². The summed E-state index contributed by atoms with van der Waals surface area (Å²) < 4.78 is 42.4. The van der Waals surface area contributed by atoms with Crippen LogP contribution in [0.2, 0.25) is 5.02 Å². The van der Waals surface area contributed by atoms with Gasteiger partial charge in [-0.1, -0.05) is 17.7 Å². The van der Waals surface area contributed by atoms with Gasteiger partial charge in [0.2, 0.25) is 0 Å². The molecule has 0 aliphatic carbocycles. The summed E-state index contributed by atoms with van der Waals surface area (Å²) in [7, 11) is 0. The van der Waals surface area contributed by atoms with E-state index in [9.17, 15) is 18.0 Å². The van der Waals surface area contributed by atoms with Crippen LogP contribution < -0.4 is 4.90 Å². The third-order valence-corrected chi connectivity index (χ3v) is 5.76. The van der Waals surface area contributed by atoms with Crippen molar-refractivity contribution < 1.29 is 18.0 Å². The zero-order valence-corrected chi connectivity index (χ0v) is 17.8. The standard InChI is InChI=1S/C22H16ClF3N6O/c23-13-2-1-3-14(10-13)32-21-16(11-29-32)20(27-12-28-21)30-6-8-31(9-7-30)22(33)15-4-5-17(24)19(26)18(15)25/h1-5,10-12H,6-9H2. The van der Waals surface area contributed by atoms with Crippen LogP contribution in [-0.4, -0.2) is 56.7 Å². The Morgan fingerprint density at radius 3 is 2.52 bits per heavy atom. The molecular weight excluding hydrogens is 457 g/mol. The van der Waals surface area contributed by atoms with Gasteiger partial charge in [0.15, 0.2) is 23.1 Å². The lowest BCUT2D eigenvalue weighted by Crippen LogP contribution is -2.49. The molecule has 1 aliphatic rings. The van der Waals surface area contributed by atoms with Gasteiger partial charge in [-0.05, 0) is 30.3 Å². The van der Waals surface area contributed by atoms with E-state index in [1.54, 1.807) is 23.0 Å². The first-order chi connectivity index (χ1) is 15.9. The molecule has 11 heteroatoms. The molecule has 5 rings (SSSR count). The highest BCUT2D eigenvalue weighted by Crippen LogP contribution is 2.27. The van der Waals surface area contributed by atoms with Gasteiger partial charge < -0.3 is 9.80 Å². The van der Waals surface area contributed by atoms with Gasteiger partial charge in [0, 0.05) is 31.2 Å². The van der Waals surface area contributed by atoms with Crippen molar-refractivity contribution in [3.63, 3.8) is 0 Å².